The molecule has 1 aliphatic rings. The van der Waals surface area contributed by atoms with Crippen LogP contribution < -0.4 is 5.32 Å². The Labute approximate surface area is 130 Å². The van der Waals surface area contributed by atoms with Crippen molar-refractivity contribution < 1.29 is 9.90 Å². The minimum absolute atomic E-state index is 0.253. The van der Waals surface area contributed by atoms with Gasteiger partial charge in [0.25, 0.3) is 0 Å². The van der Waals surface area contributed by atoms with E-state index >= 15 is 0 Å². The molecule has 0 aromatic heterocycles. The van der Waals surface area contributed by atoms with E-state index in [9.17, 15) is 9.90 Å². The van der Waals surface area contributed by atoms with E-state index in [-0.39, 0.29) is 5.92 Å². The summed E-state index contributed by atoms with van der Waals surface area (Å²) in [5.74, 6) is 0.224. The van der Waals surface area contributed by atoms with E-state index in [1.165, 1.54) is 0 Å². The lowest BCUT2D eigenvalue weighted by Gasteiger charge is -2.35. The summed E-state index contributed by atoms with van der Waals surface area (Å²) in [6.45, 7) is 10.6. The maximum Gasteiger partial charge on any atom is 0.324 e. The first-order valence-corrected chi connectivity index (χ1v) is 8.53. The van der Waals surface area contributed by atoms with Crippen LogP contribution in [-0.4, -0.2) is 47.7 Å². The Morgan fingerprint density at radius 3 is 2.62 bits per heavy atom. The summed E-state index contributed by atoms with van der Waals surface area (Å²) >= 11 is 0. The minimum atomic E-state index is -0.683. The number of hydrogen-bond acceptors (Lipinski definition) is 3. The maximum absolute atomic E-state index is 11.9. The fraction of sp³-hybridized carbons (Fsp3) is 0.941. The molecule has 0 heterocycles. The van der Waals surface area contributed by atoms with Gasteiger partial charge in [0.1, 0.15) is 5.54 Å². The first-order chi connectivity index (χ1) is 9.85. The predicted molar refractivity (Wildman–Crippen MR) is 87.5 cm³/mol. The molecule has 0 aromatic carbocycles. The average Bonchev–Trinajstić information content (AvgIpc) is 2.85. The van der Waals surface area contributed by atoms with Gasteiger partial charge < -0.3 is 15.3 Å². The molecule has 0 aromatic rings. The van der Waals surface area contributed by atoms with Crippen molar-refractivity contribution >= 4 is 5.97 Å². The number of nitrogens with one attached hydrogen (secondary N) is 1. The number of rotatable bonds is 9. The Hall–Kier alpha value is -0.610. The molecule has 0 saturated heterocycles. The Kier molecular flexibility index (Phi) is 7.14. The monoisotopic (exact) mass is 298 g/mol. The second-order valence-corrected chi connectivity index (χ2v) is 7.05. The van der Waals surface area contributed by atoms with Gasteiger partial charge in [0.15, 0.2) is 0 Å². The third-order valence-corrected chi connectivity index (χ3v) is 5.38. The van der Waals surface area contributed by atoms with Crippen LogP contribution in [0.1, 0.15) is 59.8 Å². The van der Waals surface area contributed by atoms with Crippen molar-refractivity contribution in [2.24, 2.45) is 11.8 Å². The standard InChI is InChI=1S/C17H34N2O2/c1-6-11-18-17(16(20)21)10-7-8-15(17)9-12-19(5)14(4)13(2)3/h13-15,18H,6-12H2,1-5H3,(H,20,21). The van der Waals surface area contributed by atoms with Gasteiger partial charge in [-0.1, -0.05) is 27.2 Å². The van der Waals surface area contributed by atoms with E-state index in [4.69, 9.17) is 0 Å². The van der Waals surface area contributed by atoms with Crippen molar-refractivity contribution in [1.29, 1.82) is 0 Å². The molecule has 4 heteroatoms. The molecule has 0 radical (unpaired) electrons. The van der Waals surface area contributed by atoms with Gasteiger partial charge >= 0.3 is 5.97 Å². The molecule has 1 saturated carbocycles. The number of hydrogen-bond donors (Lipinski definition) is 2. The fourth-order valence-electron chi connectivity index (χ4n) is 3.48. The summed E-state index contributed by atoms with van der Waals surface area (Å²) in [5.41, 5.74) is -0.683. The topological polar surface area (TPSA) is 52.6 Å². The second kappa shape index (κ2) is 8.14. The molecular weight excluding hydrogens is 264 g/mol. The van der Waals surface area contributed by atoms with Crippen molar-refractivity contribution in [2.45, 2.75) is 71.4 Å². The van der Waals surface area contributed by atoms with E-state index in [1.54, 1.807) is 0 Å². The maximum atomic E-state index is 11.9. The van der Waals surface area contributed by atoms with Crippen molar-refractivity contribution in [1.82, 2.24) is 10.2 Å². The lowest BCUT2D eigenvalue weighted by atomic mass is 9.84. The number of aliphatic carboxylic acids is 1. The lowest BCUT2D eigenvalue weighted by molar-refractivity contribution is -0.146. The van der Waals surface area contributed by atoms with Gasteiger partial charge in [0.05, 0.1) is 0 Å². The first kappa shape index (κ1) is 18.4. The highest BCUT2D eigenvalue weighted by Crippen LogP contribution is 2.38. The molecule has 3 atom stereocenters. The fourth-order valence-corrected chi connectivity index (χ4v) is 3.48. The van der Waals surface area contributed by atoms with E-state index in [0.29, 0.717) is 12.0 Å². The summed E-state index contributed by atoms with van der Waals surface area (Å²) in [6.07, 6.45) is 4.78. The van der Waals surface area contributed by atoms with Crippen LogP contribution in [0.5, 0.6) is 0 Å². The zero-order chi connectivity index (χ0) is 16.0. The van der Waals surface area contributed by atoms with Crippen LogP contribution in [-0.2, 0) is 4.79 Å². The number of carbonyl (C=O) groups is 1. The second-order valence-electron chi connectivity index (χ2n) is 7.05. The molecular formula is C17H34N2O2. The van der Waals surface area contributed by atoms with Gasteiger partial charge in [0, 0.05) is 6.04 Å². The number of nitrogens with zero attached hydrogens (tertiary/aromatic N) is 1. The largest absolute Gasteiger partial charge is 0.480 e. The number of carboxylic acids is 1. The molecule has 1 rings (SSSR count). The van der Waals surface area contributed by atoms with Gasteiger partial charge in [-0.25, -0.2) is 0 Å². The Morgan fingerprint density at radius 1 is 1.43 bits per heavy atom. The van der Waals surface area contributed by atoms with Gasteiger partial charge in [-0.05, 0) is 64.6 Å². The van der Waals surface area contributed by atoms with Crippen LogP contribution in [0.25, 0.3) is 0 Å². The smallest absolute Gasteiger partial charge is 0.324 e. The first-order valence-electron chi connectivity index (χ1n) is 8.53. The molecule has 0 bridgehead atoms. The average molecular weight is 298 g/mol. The normalized spacial score (nSPS) is 27.5. The van der Waals surface area contributed by atoms with Crippen molar-refractivity contribution in [3.8, 4) is 0 Å². The van der Waals surface area contributed by atoms with Gasteiger partial charge in [0.2, 0.25) is 0 Å². The Morgan fingerprint density at radius 2 is 2.10 bits per heavy atom. The molecule has 0 aliphatic heterocycles. The molecule has 21 heavy (non-hydrogen) atoms. The van der Waals surface area contributed by atoms with Crippen molar-refractivity contribution in [3.63, 3.8) is 0 Å². The summed E-state index contributed by atoms with van der Waals surface area (Å²) in [4.78, 5) is 14.2. The van der Waals surface area contributed by atoms with Crippen molar-refractivity contribution in [2.75, 3.05) is 20.1 Å². The third kappa shape index (κ3) is 4.43. The Balaban J connectivity index is 2.65. The molecule has 1 aliphatic carbocycles. The summed E-state index contributed by atoms with van der Waals surface area (Å²) < 4.78 is 0. The quantitative estimate of drug-likeness (QED) is 0.687. The van der Waals surface area contributed by atoms with E-state index < -0.39 is 11.5 Å². The van der Waals surface area contributed by atoms with Crippen LogP contribution in [0.2, 0.25) is 0 Å². The van der Waals surface area contributed by atoms with Gasteiger partial charge in [-0.2, -0.15) is 0 Å². The molecule has 1 fully saturated rings. The minimum Gasteiger partial charge on any atom is -0.480 e. The highest BCUT2D eigenvalue weighted by atomic mass is 16.4. The predicted octanol–water partition coefficient (Wildman–Crippen LogP) is 2.98. The summed E-state index contributed by atoms with van der Waals surface area (Å²) in [7, 11) is 2.15. The molecule has 4 nitrogen and oxygen atoms in total. The van der Waals surface area contributed by atoms with Gasteiger partial charge in [-0.3, -0.25) is 4.79 Å². The van der Waals surface area contributed by atoms with Crippen molar-refractivity contribution in [3.05, 3.63) is 0 Å². The van der Waals surface area contributed by atoms with E-state index in [1.807, 2.05) is 0 Å². The SMILES string of the molecule is CCCNC1(C(=O)O)CCCC1CCN(C)C(C)C(C)C. The van der Waals surface area contributed by atoms with Gasteiger partial charge in [-0.15, -0.1) is 0 Å². The van der Waals surface area contributed by atoms with E-state index in [2.05, 4.69) is 45.0 Å². The molecule has 2 N–H and O–H groups in total. The zero-order valence-electron chi connectivity index (χ0n) is 14.5. The van der Waals surface area contributed by atoms with E-state index in [0.717, 1.165) is 45.2 Å². The lowest BCUT2D eigenvalue weighted by Crippen LogP contribution is -2.55. The molecule has 124 valence electrons. The summed E-state index contributed by atoms with van der Waals surface area (Å²) in [5, 5.41) is 13.1. The van der Waals surface area contributed by atoms with Crippen LogP contribution >= 0.6 is 0 Å². The Bertz CT molecular complexity index is 333. The molecule has 0 spiro atoms. The zero-order valence-corrected chi connectivity index (χ0v) is 14.5. The van der Waals surface area contributed by atoms with Crippen LogP contribution in [0.15, 0.2) is 0 Å². The highest BCUT2D eigenvalue weighted by Gasteiger charge is 2.48. The van der Waals surface area contributed by atoms with Crippen LogP contribution in [0, 0.1) is 11.8 Å². The highest BCUT2D eigenvalue weighted by molar-refractivity contribution is 5.79. The van der Waals surface area contributed by atoms with Crippen LogP contribution in [0.4, 0.5) is 0 Å². The molecule has 3 unspecified atom stereocenters. The third-order valence-electron chi connectivity index (χ3n) is 5.38. The molecule has 0 amide bonds. The summed E-state index contributed by atoms with van der Waals surface area (Å²) in [6, 6.07) is 0.536. The number of carboxylic acid groups (broad SMARTS) is 1. The van der Waals surface area contributed by atoms with Crippen LogP contribution in [0.3, 0.4) is 0 Å².